The van der Waals surface area contributed by atoms with E-state index in [0.29, 0.717) is 17.2 Å². The van der Waals surface area contributed by atoms with Crippen LogP contribution in [0.3, 0.4) is 0 Å². The number of aryl methyl sites for hydroxylation is 1. The fourth-order valence-corrected chi connectivity index (χ4v) is 6.96. The Morgan fingerprint density at radius 1 is 0.971 bits per heavy atom. The molecule has 1 amide bonds. The third-order valence-electron chi connectivity index (χ3n) is 6.99. The molecule has 7 heteroatoms. The second-order valence-electron chi connectivity index (χ2n) is 9.07. The Balaban J connectivity index is 1.46. The lowest BCUT2D eigenvalue weighted by molar-refractivity contribution is -0.117. The summed E-state index contributed by atoms with van der Waals surface area (Å²) in [5.74, 6) is 2.07. The molecule has 0 spiro atoms. The summed E-state index contributed by atoms with van der Waals surface area (Å²) in [7, 11) is 4.92. The van der Waals surface area contributed by atoms with E-state index in [1.165, 1.54) is 41.0 Å². The Hall–Kier alpha value is -3.03. The van der Waals surface area contributed by atoms with Gasteiger partial charge in [-0.2, -0.15) is 0 Å². The number of para-hydroxylation sites is 1. The largest absolute Gasteiger partial charge is 0.497 e. The van der Waals surface area contributed by atoms with E-state index in [-0.39, 0.29) is 18.5 Å². The Bertz CT molecular complexity index is 1200. The Morgan fingerprint density at radius 2 is 1.71 bits per heavy atom. The highest BCUT2D eigenvalue weighted by Crippen LogP contribution is 2.46. The first-order chi connectivity index (χ1) is 17.1. The van der Waals surface area contributed by atoms with Gasteiger partial charge in [-0.1, -0.05) is 18.2 Å². The molecule has 5 rings (SSSR count). The third-order valence-corrected chi connectivity index (χ3v) is 8.38. The highest BCUT2D eigenvalue weighted by molar-refractivity contribution is 7.12. The summed E-state index contributed by atoms with van der Waals surface area (Å²) in [5.41, 5.74) is 4.85. The van der Waals surface area contributed by atoms with Gasteiger partial charge in [-0.15, -0.1) is 11.3 Å². The molecule has 6 nitrogen and oxygen atoms in total. The van der Waals surface area contributed by atoms with Gasteiger partial charge in [-0.05, 0) is 49.3 Å². The highest BCUT2D eigenvalue weighted by Gasteiger charge is 2.36. The maximum atomic E-state index is 13.3. The summed E-state index contributed by atoms with van der Waals surface area (Å²) in [4.78, 5) is 18.5. The van der Waals surface area contributed by atoms with E-state index < -0.39 is 0 Å². The van der Waals surface area contributed by atoms with Gasteiger partial charge in [0, 0.05) is 45.7 Å². The van der Waals surface area contributed by atoms with Gasteiger partial charge in [0.2, 0.25) is 5.91 Å². The fourth-order valence-electron chi connectivity index (χ4n) is 5.36. The van der Waals surface area contributed by atoms with Crippen LogP contribution >= 0.6 is 11.3 Å². The van der Waals surface area contributed by atoms with E-state index in [2.05, 4.69) is 22.3 Å². The molecule has 1 aromatic heterocycles. The molecule has 35 heavy (non-hydrogen) atoms. The van der Waals surface area contributed by atoms with Gasteiger partial charge >= 0.3 is 0 Å². The number of hydrogen-bond acceptors (Lipinski definition) is 6. The molecule has 1 aliphatic heterocycles. The van der Waals surface area contributed by atoms with Crippen LogP contribution < -0.4 is 19.5 Å². The molecule has 184 valence electrons. The molecule has 0 saturated heterocycles. The smallest absolute Gasteiger partial charge is 0.238 e. The molecule has 1 unspecified atom stereocenters. The van der Waals surface area contributed by atoms with Crippen molar-refractivity contribution >= 4 is 22.9 Å². The molecule has 2 aromatic carbocycles. The number of benzene rings is 2. The number of amides is 1. The van der Waals surface area contributed by atoms with Crippen LogP contribution in [0.2, 0.25) is 0 Å². The second kappa shape index (κ2) is 10.3. The Morgan fingerprint density at radius 3 is 2.46 bits per heavy atom. The van der Waals surface area contributed by atoms with Crippen LogP contribution in [0.1, 0.15) is 45.3 Å². The quantitative estimate of drug-likeness (QED) is 0.489. The van der Waals surface area contributed by atoms with Crippen LogP contribution in [0.15, 0.2) is 42.5 Å². The molecule has 0 saturated carbocycles. The number of ether oxygens (including phenoxy) is 3. The zero-order valence-corrected chi connectivity index (χ0v) is 21.4. The lowest BCUT2D eigenvalue weighted by atomic mass is 9.88. The van der Waals surface area contributed by atoms with Gasteiger partial charge in [0.25, 0.3) is 0 Å². The van der Waals surface area contributed by atoms with Crippen molar-refractivity contribution < 1.29 is 19.0 Å². The Kier molecular flexibility index (Phi) is 6.97. The van der Waals surface area contributed by atoms with Crippen molar-refractivity contribution in [2.45, 2.75) is 38.1 Å². The minimum absolute atomic E-state index is 0.00362. The van der Waals surface area contributed by atoms with Gasteiger partial charge in [0.05, 0.1) is 33.9 Å². The van der Waals surface area contributed by atoms with Crippen LogP contribution in [-0.2, 0) is 24.1 Å². The number of rotatable bonds is 7. The predicted molar refractivity (Wildman–Crippen MR) is 139 cm³/mol. The predicted octanol–water partition coefficient (Wildman–Crippen LogP) is 5.24. The Labute approximate surface area is 210 Å². The SMILES string of the molecule is COc1cc(NC(=O)CN2CCc3c(sc4c3CCCC4)C2c2ccccc2OC)cc(OC)c1. The van der Waals surface area contributed by atoms with Crippen molar-refractivity contribution in [2.24, 2.45) is 0 Å². The van der Waals surface area contributed by atoms with Crippen molar-refractivity contribution in [3.63, 3.8) is 0 Å². The normalized spacial score (nSPS) is 17.3. The van der Waals surface area contributed by atoms with E-state index in [9.17, 15) is 4.79 Å². The number of hydrogen-bond donors (Lipinski definition) is 1. The summed E-state index contributed by atoms with van der Waals surface area (Å²) >= 11 is 1.94. The minimum Gasteiger partial charge on any atom is -0.497 e. The number of nitrogens with zero attached hydrogens (tertiary/aromatic N) is 1. The molecule has 1 N–H and O–H groups in total. The molecule has 2 heterocycles. The maximum Gasteiger partial charge on any atom is 0.238 e. The van der Waals surface area contributed by atoms with E-state index in [1.54, 1.807) is 45.1 Å². The molecular formula is C28H32N2O4S. The third kappa shape index (κ3) is 4.75. The van der Waals surface area contributed by atoms with Gasteiger partial charge in [-0.25, -0.2) is 0 Å². The molecule has 0 fully saturated rings. The van der Waals surface area contributed by atoms with E-state index in [1.807, 2.05) is 23.5 Å². The zero-order valence-electron chi connectivity index (χ0n) is 20.6. The molecule has 3 aromatic rings. The van der Waals surface area contributed by atoms with Crippen molar-refractivity contribution in [3.05, 3.63) is 68.9 Å². The maximum absolute atomic E-state index is 13.3. The van der Waals surface area contributed by atoms with Gasteiger partial charge in [0.15, 0.2) is 0 Å². The molecule has 0 bridgehead atoms. The van der Waals surface area contributed by atoms with Crippen molar-refractivity contribution in [2.75, 3.05) is 39.7 Å². The molecule has 0 radical (unpaired) electrons. The number of carbonyl (C=O) groups is 1. The van der Waals surface area contributed by atoms with Gasteiger partial charge < -0.3 is 19.5 Å². The summed E-state index contributed by atoms with van der Waals surface area (Å²) in [5, 5.41) is 3.04. The monoisotopic (exact) mass is 492 g/mol. The molecular weight excluding hydrogens is 460 g/mol. The van der Waals surface area contributed by atoms with E-state index in [0.717, 1.165) is 24.3 Å². The summed E-state index contributed by atoms with van der Waals surface area (Å²) in [6.07, 6.45) is 5.86. The highest BCUT2D eigenvalue weighted by atomic mass is 32.1. The summed E-state index contributed by atoms with van der Waals surface area (Å²) in [6.45, 7) is 1.11. The van der Waals surface area contributed by atoms with Crippen LogP contribution in [0.25, 0.3) is 0 Å². The number of anilines is 1. The standard InChI is InChI=1S/C28H32N2O4S/c1-32-19-14-18(15-20(16-19)33-2)29-26(31)17-30-13-12-22-21-8-5-7-11-25(21)35-28(22)27(30)23-9-4-6-10-24(23)34-3/h4,6,9-10,14-16,27H,5,7-8,11-13,17H2,1-3H3,(H,29,31). The minimum atomic E-state index is -0.0648. The van der Waals surface area contributed by atoms with E-state index >= 15 is 0 Å². The fraction of sp³-hybridized carbons (Fsp3) is 0.393. The van der Waals surface area contributed by atoms with Crippen molar-refractivity contribution in [1.29, 1.82) is 0 Å². The summed E-state index contributed by atoms with van der Waals surface area (Å²) < 4.78 is 16.5. The van der Waals surface area contributed by atoms with Crippen molar-refractivity contribution in [3.8, 4) is 17.2 Å². The van der Waals surface area contributed by atoms with Crippen LogP contribution in [0.4, 0.5) is 5.69 Å². The lowest BCUT2D eigenvalue weighted by Gasteiger charge is -2.36. The molecule has 2 aliphatic rings. The van der Waals surface area contributed by atoms with Gasteiger partial charge in [-0.3, -0.25) is 9.69 Å². The number of nitrogens with one attached hydrogen (secondary N) is 1. The average Bonchev–Trinajstić information content (AvgIpc) is 3.26. The van der Waals surface area contributed by atoms with Crippen LogP contribution in [0, 0.1) is 0 Å². The van der Waals surface area contributed by atoms with Crippen molar-refractivity contribution in [1.82, 2.24) is 4.90 Å². The average molecular weight is 493 g/mol. The first-order valence-corrected chi connectivity index (χ1v) is 13.0. The summed E-state index contributed by atoms with van der Waals surface area (Å²) in [6, 6.07) is 13.6. The molecule has 1 aliphatic carbocycles. The number of carbonyl (C=O) groups excluding carboxylic acids is 1. The topological polar surface area (TPSA) is 60.0 Å². The number of methoxy groups -OCH3 is 3. The van der Waals surface area contributed by atoms with Crippen LogP contribution in [0.5, 0.6) is 17.2 Å². The number of fused-ring (bicyclic) bond motifs is 3. The molecule has 1 atom stereocenters. The lowest BCUT2D eigenvalue weighted by Crippen LogP contribution is -2.40. The second-order valence-corrected chi connectivity index (χ2v) is 10.2. The first-order valence-electron chi connectivity index (χ1n) is 12.1. The van der Waals surface area contributed by atoms with E-state index in [4.69, 9.17) is 14.2 Å². The van der Waals surface area contributed by atoms with Crippen LogP contribution in [-0.4, -0.2) is 45.2 Å². The van der Waals surface area contributed by atoms with Gasteiger partial charge in [0.1, 0.15) is 17.2 Å². The number of thiophene rings is 1. The first kappa shape index (κ1) is 23.7. The zero-order chi connectivity index (χ0) is 24.4.